The SMILES string of the molecule is CCN(CCCN(C)C)CC(C)=C1CNC1. The summed E-state index contributed by atoms with van der Waals surface area (Å²) in [5, 5.41) is 3.31. The molecule has 1 aliphatic heterocycles. The van der Waals surface area contributed by atoms with Crippen molar-refractivity contribution in [2.24, 2.45) is 0 Å². The van der Waals surface area contributed by atoms with Crippen molar-refractivity contribution in [1.29, 1.82) is 0 Å². The molecule has 0 aromatic carbocycles. The van der Waals surface area contributed by atoms with E-state index in [0.29, 0.717) is 0 Å². The van der Waals surface area contributed by atoms with Gasteiger partial charge in [-0.3, -0.25) is 4.90 Å². The predicted octanol–water partition coefficient (Wildman–Crippen LogP) is 1.18. The van der Waals surface area contributed by atoms with Crippen molar-refractivity contribution < 1.29 is 0 Å². The van der Waals surface area contributed by atoms with Gasteiger partial charge < -0.3 is 10.2 Å². The molecule has 0 saturated carbocycles. The van der Waals surface area contributed by atoms with Crippen molar-refractivity contribution in [3.05, 3.63) is 11.1 Å². The monoisotopic (exact) mass is 225 g/mol. The molecule has 0 bridgehead atoms. The summed E-state index contributed by atoms with van der Waals surface area (Å²) in [5.41, 5.74) is 3.19. The fourth-order valence-electron chi connectivity index (χ4n) is 1.96. The number of nitrogens with one attached hydrogen (secondary N) is 1. The topological polar surface area (TPSA) is 18.5 Å². The van der Waals surface area contributed by atoms with Gasteiger partial charge in [-0.1, -0.05) is 12.5 Å². The average Bonchev–Trinajstić information content (AvgIpc) is 2.12. The molecular formula is C13H27N3. The Hall–Kier alpha value is -0.380. The van der Waals surface area contributed by atoms with Gasteiger partial charge in [0.2, 0.25) is 0 Å². The molecule has 16 heavy (non-hydrogen) atoms. The van der Waals surface area contributed by atoms with Crippen molar-refractivity contribution in [2.75, 3.05) is 53.4 Å². The predicted molar refractivity (Wildman–Crippen MR) is 70.9 cm³/mol. The van der Waals surface area contributed by atoms with E-state index in [2.05, 4.69) is 43.1 Å². The van der Waals surface area contributed by atoms with Crippen LogP contribution in [0.4, 0.5) is 0 Å². The Morgan fingerprint density at radius 1 is 1.25 bits per heavy atom. The van der Waals surface area contributed by atoms with E-state index in [-0.39, 0.29) is 0 Å². The summed E-state index contributed by atoms with van der Waals surface area (Å²) < 4.78 is 0. The van der Waals surface area contributed by atoms with Crippen molar-refractivity contribution >= 4 is 0 Å². The third-order valence-corrected chi connectivity index (χ3v) is 3.27. The molecule has 1 N–H and O–H groups in total. The Morgan fingerprint density at radius 2 is 1.94 bits per heavy atom. The molecule has 0 aromatic rings. The van der Waals surface area contributed by atoms with Crippen molar-refractivity contribution in [1.82, 2.24) is 15.1 Å². The zero-order chi connectivity index (χ0) is 12.0. The number of hydrogen-bond donors (Lipinski definition) is 1. The molecule has 1 heterocycles. The third-order valence-electron chi connectivity index (χ3n) is 3.27. The first-order valence-corrected chi connectivity index (χ1v) is 6.38. The van der Waals surface area contributed by atoms with Gasteiger partial charge in [-0.25, -0.2) is 0 Å². The second kappa shape index (κ2) is 7.05. The smallest absolute Gasteiger partial charge is 0.0193 e. The number of nitrogens with zero attached hydrogens (tertiary/aromatic N) is 2. The molecule has 3 heteroatoms. The van der Waals surface area contributed by atoms with E-state index in [0.717, 1.165) is 26.2 Å². The van der Waals surface area contributed by atoms with Gasteiger partial charge >= 0.3 is 0 Å². The summed E-state index contributed by atoms with van der Waals surface area (Å²) in [5.74, 6) is 0. The first-order valence-electron chi connectivity index (χ1n) is 6.38. The van der Waals surface area contributed by atoms with Crippen LogP contribution in [0.5, 0.6) is 0 Å². The minimum Gasteiger partial charge on any atom is -0.309 e. The largest absolute Gasteiger partial charge is 0.309 e. The Bertz CT molecular complexity index is 227. The lowest BCUT2D eigenvalue weighted by Gasteiger charge is -2.27. The Balaban J connectivity index is 2.25. The first kappa shape index (κ1) is 13.7. The zero-order valence-corrected chi connectivity index (χ0v) is 11.3. The van der Waals surface area contributed by atoms with Crippen LogP contribution in [0.15, 0.2) is 11.1 Å². The second-order valence-corrected chi connectivity index (χ2v) is 5.01. The molecule has 0 aliphatic carbocycles. The van der Waals surface area contributed by atoms with Gasteiger partial charge in [0.05, 0.1) is 0 Å². The molecule has 0 atom stereocenters. The normalized spacial score (nSPS) is 15.8. The molecule has 0 spiro atoms. The number of rotatable bonds is 7. The summed E-state index contributed by atoms with van der Waals surface area (Å²) in [4.78, 5) is 4.80. The molecule has 1 rings (SSSR count). The fraction of sp³-hybridized carbons (Fsp3) is 0.846. The molecule has 1 saturated heterocycles. The lowest BCUT2D eigenvalue weighted by atomic mass is 10.0. The quantitative estimate of drug-likeness (QED) is 0.656. The van der Waals surface area contributed by atoms with Crippen LogP contribution < -0.4 is 5.32 Å². The van der Waals surface area contributed by atoms with E-state index in [1.165, 1.54) is 19.5 Å². The molecule has 1 aliphatic rings. The molecule has 0 unspecified atom stereocenters. The van der Waals surface area contributed by atoms with E-state index in [1.54, 1.807) is 11.1 Å². The van der Waals surface area contributed by atoms with Crippen LogP contribution in [-0.4, -0.2) is 63.2 Å². The first-order chi connectivity index (χ1) is 7.63. The maximum absolute atomic E-state index is 3.31. The maximum Gasteiger partial charge on any atom is 0.0193 e. The van der Waals surface area contributed by atoms with Gasteiger partial charge in [0.1, 0.15) is 0 Å². The summed E-state index contributed by atoms with van der Waals surface area (Å²) >= 11 is 0. The van der Waals surface area contributed by atoms with E-state index >= 15 is 0 Å². The summed E-state index contributed by atoms with van der Waals surface area (Å²) in [6, 6.07) is 0. The van der Waals surface area contributed by atoms with Crippen LogP contribution >= 0.6 is 0 Å². The van der Waals surface area contributed by atoms with Crippen molar-refractivity contribution in [2.45, 2.75) is 20.3 Å². The van der Waals surface area contributed by atoms with Crippen molar-refractivity contribution in [3.8, 4) is 0 Å². The van der Waals surface area contributed by atoms with Crippen LogP contribution in [-0.2, 0) is 0 Å². The van der Waals surface area contributed by atoms with Gasteiger partial charge in [-0.15, -0.1) is 0 Å². The molecule has 0 radical (unpaired) electrons. The van der Waals surface area contributed by atoms with Crippen LogP contribution in [0.2, 0.25) is 0 Å². The maximum atomic E-state index is 3.31. The molecule has 0 aromatic heterocycles. The van der Waals surface area contributed by atoms with Crippen LogP contribution in [0, 0.1) is 0 Å². The van der Waals surface area contributed by atoms with Gasteiger partial charge in [-0.05, 0) is 52.6 Å². The minimum absolute atomic E-state index is 1.11. The molecular weight excluding hydrogens is 198 g/mol. The Morgan fingerprint density at radius 3 is 2.38 bits per heavy atom. The average molecular weight is 225 g/mol. The highest BCUT2D eigenvalue weighted by molar-refractivity contribution is 5.22. The van der Waals surface area contributed by atoms with Crippen LogP contribution in [0.1, 0.15) is 20.3 Å². The van der Waals surface area contributed by atoms with E-state index in [4.69, 9.17) is 0 Å². The van der Waals surface area contributed by atoms with E-state index in [9.17, 15) is 0 Å². The molecule has 3 nitrogen and oxygen atoms in total. The highest BCUT2D eigenvalue weighted by Crippen LogP contribution is 2.10. The highest BCUT2D eigenvalue weighted by atomic mass is 15.1. The fourth-order valence-corrected chi connectivity index (χ4v) is 1.96. The third kappa shape index (κ3) is 4.64. The standard InChI is InChI=1S/C13H27N3/c1-5-16(8-6-7-15(3)4)11-12(2)13-9-14-10-13/h14H,5-11H2,1-4H3. The van der Waals surface area contributed by atoms with Crippen molar-refractivity contribution in [3.63, 3.8) is 0 Å². The highest BCUT2D eigenvalue weighted by Gasteiger charge is 2.12. The van der Waals surface area contributed by atoms with Crippen LogP contribution in [0.25, 0.3) is 0 Å². The molecule has 94 valence electrons. The van der Waals surface area contributed by atoms with E-state index in [1.807, 2.05) is 0 Å². The lowest BCUT2D eigenvalue weighted by molar-refractivity contribution is 0.283. The molecule has 1 fully saturated rings. The van der Waals surface area contributed by atoms with Gasteiger partial charge in [0, 0.05) is 19.6 Å². The molecule has 0 amide bonds. The Kier molecular flexibility index (Phi) is 6.03. The number of likely N-dealkylation sites (N-methyl/N-ethyl adjacent to an activating group) is 1. The second-order valence-electron chi connectivity index (χ2n) is 5.01. The summed E-state index contributed by atoms with van der Waals surface area (Å²) in [7, 11) is 4.28. The van der Waals surface area contributed by atoms with Crippen LogP contribution in [0.3, 0.4) is 0 Å². The summed E-state index contributed by atoms with van der Waals surface area (Å²) in [6.45, 7) is 11.5. The Labute approximate surface area is 100 Å². The van der Waals surface area contributed by atoms with E-state index < -0.39 is 0 Å². The summed E-state index contributed by atoms with van der Waals surface area (Å²) in [6.07, 6.45) is 1.27. The van der Waals surface area contributed by atoms with Gasteiger partial charge in [-0.2, -0.15) is 0 Å². The lowest BCUT2D eigenvalue weighted by Crippen LogP contribution is -2.37. The number of hydrogen-bond acceptors (Lipinski definition) is 3. The minimum atomic E-state index is 1.11. The van der Waals surface area contributed by atoms with Gasteiger partial charge in [0.25, 0.3) is 0 Å². The van der Waals surface area contributed by atoms with Gasteiger partial charge in [0.15, 0.2) is 0 Å². The zero-order valence-electron chi connectivity index (χ0n) is 11.3.